The van der Waals surface area contributed by atoms with Gasteiger partial charge in [-0.05, 0) is 67.6 Å². The van der Waals surface area contributed by atoms with Crippen LogP contribution in [0.2, 0.25) is 10.0 Å². The molecule has 0 spiro atoms. The lowest BCUT2D eigenvalue weighted by molar-refractivity contribution is -0.120. The molecule has 3 aromatic rings. The lowest BCUT2D eigenvalue weighted by atomic mass is 10.1. The highest BCUT2D eigenvalue weighted by Crippen LogP contribution is 2.35. The molecule has 0 saturated heterocycles. The average Bonchev–Trinajstić information content (AvgIpc) is 3.03. The fourth-order valence-electron chi connectivity index (χ4n) is 3.37. The minimum Gasteiger partial charge on any atom is -0.350 e. The van der Waals surface area contributed by atoms with E-state index < -0.39 is 17.7 Å². The van der Waals surface area contributed by atoms with Crippen LogP contribution in [0.3, 0.4) is 0 Å². The Balaban J connectivity index is 1.52. The van der Waals surface area contributed by atoms with Crippen molar-refractivity contribution in [3.8, 4) is 0 Å². The number of benzene rings is 3. The summed E-state index contributed by atoms with van der Waals surface area (Å²) >= 11 is 18.3. The zero-order valence-electron chi connectivity index (χ0n) is 18.1. The number of carbonyl (C=O) groups excluding carboxylic acids is 4. The minimum absolute atomic E-state index is 0.0774. The number of nitrogens with one attached hydrogen (secondary N) is 2. The quantitative estimate of drug-likeness (QED) is 0.307. The van der Waals surface area contributed by atoms with Crippen LogP contribution in [0.5, 0.6) is 0 Å². The first-order chi connectivity index (χ1) is 16.7. The molecule has 4 rings (SSSR count). The smallest absolute Gasteiger partial charge is 0.283 e. The summed E-state index contributed by atoms with van der Waals surface area (Å²) in [5.41, 5.74) is 1.69. The number of hydrogen-bond donors (Lipinski definition) is 2. The van der Waals surface area contributed by atoms with Gasteiger partial charge in [0.1, 0.15) is 10.7 Å². The third kappa shape index (κ3) is 5.07. The molecule has 10 heteroatoms. The van der Waals surface area contributed by atoms with Crippen LogP contribution in [-0.4, -0.2) is 23.5 Å². The van der Waals surface area contributed by atoms with E-state index in [0.717, 1.165) is 4.90 Å². The normalized spacial score (nSPS) is 13.3. The second-order valence-electron chi connectivity index (χ2n) is 7.52. The van der Waals surface area contributed by atoms with Crippen molar-refractivity contribution in [2.24, 2.45) is 0 Å². The van der Waals surface area contributed by atoms with E-state index in [1.807, 2.05) is 0 Å². The lowest BCUT2D eigenvalue weighted by Crippen LogP contribution is -2.32. The van der Waals surface area contributed by atoms with Crippen molar-refractivity contribution in [2.75, 3.05) is 15.5 Å². The zero-order valence-corrected chi connectivity index (χ0v) is 20.3. The zero-order chi connectivity index (χ0) is 25.3. The van der Waals surface area contributed by atoms with Gasteiger partial charge >= 0.3 is 0 Å². The summed E-state index contributed by atoms with van der Waals surface area (Å²) in [6, 6.07) is 17.2. The van der Waals surface area contributed by atoms with Crippen molar-refractivity contribution < 1.29 is 19.2 Å². The molecule has 35 heavy (non-hydrogen) atoms. The number of amides is 3. The molecular weight excluding hydrogens is 513 g/mol. The molecular formula is C25H16Cl3N3O4. The number of Topliss-reactive ketones (excluding diaryl/α,β-unsaturated/α-hetero) is 1. The summed E-state index contributed by atoms with van der Waals surface area (Å²) in [5, 5.41) is 5.71. The lowest BCUT2D eigenvalue weighted by Gasteiger charge is -2.16. The summed E-state index contributed by atoms with van der Waals surface area (Å²) in [4.78, 5) is 50.7. The van der Waals surface area contributed by atoms with Crippen molar-refractivity contribution in [3.05, 3.63) is 98.6 Å². The van der Waals surface area contributed by atoms with Crippen LogP contribution < -0.4 is 15.5 Å². The molecule has 0 aliphatic carbocycles. The van der Waals surface area contributed by atoms with Crippen molar-refractivity contribution in [1.82, 2.24) is 0 Å². The first-order valence-electron chi connectivity index (χ1n) is 10.2. The Hall–Kier alpha value is -3.65. The highest BCUT2D eigenvalue weighted by atomic mass is 35.5. The van der Waals surface area contributed by atoms with E-state index in [0.29, 0.717) is 22.0 Å². The maximum atomic E-state index is 13.0. The van der Waals surface area contributed by atoms with E-state index in [1.165, 1.54) is 31.2 Å². The SMILES string of the molecule is CC(=O)c1ccc(NC(=O)c2cccc(NC3=C(Cl)C(=O)N(c4ccc(Cl)cc4Cl)C3=O)c2)cc1. The molecule has 3 aromatic carbocycles. The number of nitrogens with zero attached hydrogens (tertiary/aromatic N) is 1. The van der Waals surface area contributed by atoms with E-state index >= 15 is 0 Å². The third-order valence-electron chi connectivity index (χ3n) is 5.12. The maximum Gasteiger partial charge on any atom is 0.283 e. The maximum absolute atomic E-state index is 13.0. The fourth-order valence-corrected chi connectivity index (χ4v) is 4.07. The third-order valence-corrected chi connectivity index (χ3v) is 6.01. The van der Waals surface area contributed by atoms with Crippen LogP contribution >= 0.6 is 34.8 Å². The van der Waals surface area contributed by atoms with Gasteiger partial charge in [-0.25, -0.2) is 4.90 Å². The molecule has 0 saturated carbocycles. The molecule has 176 valence electrons. The topological polar surface area (TPSA) is 95.6 Å². The molecule has 0 fully saturated rings. The first-order valence-corrected chi connectivity index (χ1v) is 11.3. The summed E-state index contributed by atoms with van der Waals surface area (Å²) in [7, 11) is 0. The van der Waals surface area contributed by atoms with Gasteiger partial charge in [-0.1, -0.05) is 40.9 Å². The predicted octanol–water partition coefficient (Wildman–Crippen LogP) is 5.88. The molecule has 0 aromatic heterocycles. The molecule has 1 heterocycles. The van der Waals surface area contributed by atoms with Crippen molar-refractivity contribution >= 4 is 75.4 Å². The second kappa shape index (κ2) is 9.92. The molecule has 1 aliphatic heterocycles. The van der Waals surface area contributed by atoms with E-state index in [1.54, 1.807) is 42.5 Å². The van der Waals surface area contributed by atoms with Gasteiger partial charge in [-0.15, -0.1) is 0 Å². The second-order valence-corrected chi connectivity index (χ2v) is 8.75. The Labute approximate surface area is 215 Å². The Bertz CT molecular complexity index is 1420. The van der Waals surface area contributed by atoms with E-state index in [2.05, 4.69) is 10.6 Å². The van der Waals surface area contributed by atoms with Crippen LogP contribution in [0.15, 0.2) is 77.5 Å². The van der Waals surface area contributed by atoms with Crippen molar-refractivity contribution in [1.29, 1.82) is 0 Å². The van der Waals surface area contributed by atoms with Crippen LogP contribution in [0.25, 0.3) is 0 Å². The molecule has 0 unspecified atom stereocenters. The Kier molecular flexibility index (Phi) is 6.93. The van der Waals surface area contributed by atoms with Gasteiger partial charge in [-0.3, -0.25) is 19.2 Å². The molecule has 3 amide bonds. The van der Waals surface area contributed by atoms with Crippen LogP contribution in [0, 0.1) is 0 Å². The number of rotatable bonds is 6. The van der Waals surface area contributed by atoms with E-state index in [9.17, 15) is 19.2 Å². The predicted molar refractivity (Wildman–Crippen MR) is 136 cm³/mol. The van der Waals surface area contributed by atoms with Crippen LogP contribution in [0.4, 0.5) is 17.1 Å². The molecule has 0 bridgehead atoms. The monoisotopic (exact) mass is 527 g/mol. The van der Waals surface area contributed by atoms with Gasteiger partial charge < -0.3 is 10.6 Å². The summed E-state index contributed by atoms with van der Waals surface area (Å²) < 4.78 is 0. The summed E-state index contributed by atoms with van der Waals surface area (Å²) in [6.07, 6.45) is 0. The molecule has 0 radical (unpaired) electrons. The van der Waals surface area contributed by atoms with Gasteiger partial charge in [0, 0.05) is 27.5 Å². The van der Waals surface area contributed by atoms with E-state index in [-0.39, 0.29) is 32.8 Å². The number of hydrogen-bond acceptors (Lipinski definition) is 5. The molecule has 7 nitrogen and oxygen atoms in total. The van der Waals surface area contributed by atoms with E-state index in [4.69, 9.17) is 34.8 Å². The molecule has 1 aliphatic rings. The fraction of sp³-hybridized carbons (Fsp3) is 0.0400. The Morgan fingerprint density at radius 2 is 1.51 bits per heavy atom. The first kappa shape index (κ1) is 24.5. The van der Waals surface area contributed by atoms with Gasteiger partial charge in [0.05, 0.1) is 10.7 Å². The van der Waals surface area contributed by atoms with Crippen molar-refractivity contribution in [3.63, 3.8) is 0 Å². The summed E-state index contributed by atoms with van der Waals surface area (Å²) in [6.45, 7) is 1.46. The number of ketones is 1. The Morgan fingerprint density at radius 3 is 2.17 bits per heavy atom. The van der Waals surface area contributed by atoms with Crippen molar-refractivity contribution in [2.45, 2.75) is 6.92 Å². The highest BCUT2D eigenvalue weighted by molar-refractivity contribution is 6.54. The number of anilines is 3. The largest absolute Gasteiger partial charge is 0.350 e. The number of imide groups is 1. The standard InChI is InChI=1S/C25H16Cl3N3O4/c1-13(32)14-5-8-17(9-6-14)30-23(33)15-3-2-4-18(11-15)29-22-21(28)24(34)31(25(22)35)20-10-7-16(26)12-19(20)27/h2-12,29H,1H3,(H,30,33). The van der Waals surface area contributed by atoms with Gasteiger partial charge in [0.15, 0.2) is 5.78 Å². The number of halogens is 3. The van der Waals surface area contributed by atoms with Gasteiger partial charge in [-0.2, -0.15) is 0 Å². The van der Waals surface area contributed by atoms with Gasteiger partial charge in [0.2, 0.25) is 0 Å². The van der Waals surface area contributed by atoms with Crippen LogP contribution in [-0.2, 0) is 9.59 Å². The Morgan fingerprint density at radius 1 is 0.800 bits per heavy atom. The molecule has 0 atom stereocenters. The van der Waals surface area contributed by atoms with Crippen LogP contribution in [0.1, 0.15) is 27.6 Å². The minimum atomic E-state index is -0.744. The average molecular weight is 529 g/mol. The molecule has 2 N–H and O–H groups in total. The summed E-state index contributed by atoms with van der Waals surface area (Å²) in [5.74, 6) is -1.94. The number of carbonyl (C=O) groups is 4. The highest BCUT2D eigenvalue weighted by Gasteiger charge is 2.39. The van der Waals surface area contributed by atoms with Gasteiger partial charge in [0.25, 0.3) is 17.7 Å².